The second kappa shape index (κ2) is 12.5. The molecule has 2 rings (SSSR count). The maximum absolute atomic E-state index is 12.0. The number of likely N-dealkylation sites (tertiary alicyclic amines) is 1. The molecule has 2 heterocycles. The van der Waals surface area contributed by atoms with Gasteiger partial charge in [0.2, 0.25) is 0 Å². The third-order valence-electron chi connectivity index (χ3n) is 5.01. The molecule has 8 heteroatoms. The monoisotopic (exact) mass is 407 g/mol. The Balaban J connectivity index is 1.56. The van der Waals surface area contributed by atoms with Gasteiger partial charge in [-0.1, -0.05) is 0 Å². The van der Waals surface area contributed by atoms with Gasteiger partial charge in [0.15, 0.2) is 11.7 Å². The molecule has 1 aliphatic rings. The molecule has 29 heavy (non-hydrogen) atoms. The lowest BCUT2D eigenvalue weighted by Gasteiger charge is -2.33. The normalized spacial score (nSPS) is 16.2. The fourth-order valence-electron chi connectivity index (χ4n) is 3.29. The summed E-state index contributed by atoms with van der Waals surface area (Å²) in [6.07, 6.45) is 4.83. The number of furan rings is 1. The zero-order valence-electron chi connectivity index (χ0n) is 18.3. The maximum Gasteiger partial charge on any atom is 0.287 e. The molecule has 0 bridgehead atoms. The molecule has 0 radical (unpaired) electrons. The van der Waals surface area contributed by atoms with Crippen molar-refractivity contribution < 1.29 is 13.9 Å². The molecule has 3 N–H and O–H groups in total. The molecule has 0 unspecified atom stereocenters. The van der Waals surface area contributed by atoms with E-state index < -0.39 is 0 Å². The minimum absolute atomic E-state index is 0.166. The smallest absolute Gasteiger partial charge is 0.287 e. The van der Waals surface area contributed by atoms with Crippen molar-refractivity contribution in [2.24, 2.45) is 4.99 Å². The summed E-state index contributed by atoms with van der Waals surface area (Å²) in [6.45, 7) is 11.3. The zero-order chi connectivity index (χ0) is 21.1. The minimum Gasteiger partial charge on any atom is -0.459 e. The third-order valence-corrected chi connectivity index (χ3v) is 5.01. The van der Waals surface area contributed by atoms with Gasteiger partial charge in [-0.05, 0) is 46.1 Å². The fourth-order valence-corrected chi connectivity index (χ4v) is 3.29. The van der Waals surface area contributed by atoms with Crippen LogP contribution in [0.4, 0.5) is 0 Å². The van der Waals surface area contributed by atoms with Crippen LogP contribution in [0.2, 0.25) is 0 Å². The van der Waals surface area contributed by atoms with Crippen LogP contribution in [-0.2, 0) is 4.74 Å². The summed E-state index contributed by atoms with van der Waals surface area (Å²) in [5.41, 5.74) is 0.851. The summed E-state index contributed by atoms with van der Waals surface area (Å²) >= 11 is 0. The molecule has 1 aromatic heterocycles. The Bertz CT molecular complexity index is 636. The summed E-state index contributed by atoms with van der Waals surface area (Å²) in [7, 11) is 1.79. The number of amides is 1. The maximum atomic E-state index is 12.0. The third kappa shape index (κ3) is 8.45. The summed E-state index contributed by atoms with van der Waals surface area (Å²) in [4.78, 5) is 18.8. The Hall–Kier alpha value is -2.06. The highest BCUT2D eigenvalue weighted by atomic mass is 16.5. The highest BCUT2D eigenvalue weighted by Gasteiger charge is 2.19. The quantitative estimate of drug-likeness (QED) is 0.311. The first kappa shape index (κ1) is 23.2. The zero-order valence-corrected chi connectivity index (χ0v) is 18.3. The molecule has 1 amide bonds. The summed E-state index contributed by atoms with van der Waals surface area (Å²) in [5.74, 6) is 1.04. The Morgan fingerprint density at radius 1 is 1.31 bits per heavy atom. The lowest BCUT2D eigenvalue weighted by Crippen LogP contribution is -2.49. The lowest BCUT2D eigenvalue weighted by molar-refractivity contribution is 0.0532. The van der Waals surface area contributed by atoms with Crippen LogP contribution in [0.3, 0.4) is 0 Å². The van der Waals surface area contributed by atoms with E-state index in [9.17, 15) is 4.79 Å². The van der Waals surface area contributed by atoms with Crippen LogP contribution in [0.15, 0.2) is 21.7 Å². The molecule has 1 saturated heterocycles. The number of carbonyl (C=O) groups excluding carboxylic acids is 1. The molecular weight excluding hydrogens is 370 g/mol. The molecule has 0 aromatic carbocycles. The van der Waals surface area contributed by atoms with Crippen molar-refractivity contribution >= 4 is 11.9 Å². The van der Waals surface area contributed by atoms with Crippen molar-refractivity contribution in [1.82, 2.24) is 20.9 Å². The van der Waals surface area contributed by atoms with Crippen LogP contribution in [0.1, 0.15) is 49.2 Å². The number of hydrogen-bond acceptors (Lipinski definition) is 5. The van der Waals surface area contributed by atoms with Gasteiger partial charge in [0, 0.05) is 51.4 Å². The summed E-state index contributed by atoms with van der Waals surface area (Å²) < 4.78 is 10.8. The van der Waals surface area contributed by atoms with Crippen molar-refractivity contribution in [3.63, 3.8) is 0 Å². The van der Waals surface area contributed by atoms with Crippen LogP contribution in [0.25, 0.3) is 0 Å². The second-order valence-electron chi connectivity index (χ2n) is 7.72. The standard InChI is InChI=1S/C21H37N5O3/c1-16(2)28-15-13-26-11-6-18(7-12-26)25-21(22-4)24-10-5-9-23-20(27)19-17(3)8-14-29-19/h8,14,16,18H,5-7,9-13,15H2,1-4H3,(H,23,27)(H2,22,24,25). The number of hydrogen-bond donors (Lipinski definition) is 3. The Morgan fingerprint density at radius 2 is 2.03 bits per heavy atom. The number of nitrogens with one attached hydrogen (secondary N) is 3. The number of ether oxygens (including phenoxy) is 1. The number of rotatable bonds is 10. The van der Waals surface area contributed by atoms with Gasteiger partial charge in [-0.2, -0.15) is 0 Å². The number of nitrogens with zero attached hydrogens (tertiary/aromatic N) is 2. The first-order chi connectivity index (χ1) is 14.0. The van der Waals surface area contributed by atoms with Crippen molar-refractivity contribution in [2.75, 3.05) is 46.4 Å². The highest BCUT2D eigenvalue weighted by molar-refractivity contribution is 5.92. The van der Waals surface area contributed by atoms with Crippen LogP contribution < -0.4 is 16.0 Å². The van der Waals surface area contributed by atoms with E-state index in [1.807, 2.05) is 6.92 Å². The molecule has 0 saturated carbocycles. The Morgan fingerprint density at radius 3 is 2.66 bits per heavy atom. The van der Waals surface area contributed by atoms with Gasteiger partial charge in [0.25, 0.3) is 5.91 Å². The van der Waals surface area contributed by atoms with E-state index in [1.54, 1.807) is 13.1 Å². The van der Waals surface area contributed by atoms with Crippen LogP contribution in [0, 0.1) is 6.92 Å². The molecule has 0 atom stereocenters. The van der Waals surface area contributed by atoms with Gasteiger partial charge in [-0.15, -0.1) is 0 Å². The van der Waals surface area contributed by atoms with Crippen molar-refractivity contribution in [1.29, 1.82) is 0 Å². The van der Waals surface area contributed by atoms with Crippen LogP contribution in [-0.4, -0.2) is 75.3 Å². The number of guanidine groups is 1. The van der Waals surface area contributed by atoms with E-state index in [-0.39, 0.29) is 5.91 Å². The highest BCUT2D eigenvalue weighted by Crippen LogP contribution is 2.10. The van der Waals surface area contributed by atoms with E-state index in [4.69, 9.17) is 9.15 Å². The van der Waals surface area contributed by atoms with Gasteiger partial charge >= 0.3 is 0 Å². The number of aliphatic imine (C=N–C) groups is 1. The van der Waals surface area contributed by atoms with Gasteiger partial charge < -0.3 is 30.0 Å². The minimum atomic E-state index is -0.166. The van der Waals surface area contributed by atoms with Crippen molar-refractivity contribution in [2.45, 2.75) is 52.2 Å². The molecule has 0 spiro atoms. The summed E-state index contributed by atoms with van der Waals surface area (Å²) in [6, 6.07) is 2.22. The molecule has 0 aliphatic carbocycles. The summed E-state index contributed by atoms with van der Waals surface area (Å²) in [5, 5.41) is 9.71. The van der Waals surface area contributed by atoms with E-state index in [2.05, 4.69) is 39.7 Å². The topological polar surface area (TPSA) is 91.1 Å². The van der Waals surface area contributed by atoms with E-state index in [0.717, 1.165) is 63.6 Å². The largest absolute Gasteiger partial charge is 0.459 e. The SMILES string of the molecule is CN=C(NCCCNC(=O)c1occc1C)NC1CCN(CCOC(C)C)CC1. The number of aryl methyl sites for hydroxylation is 1. The molecule has 164 valence electrons. The van der Waals surface area contributed by atoms with E-state index in [1.165, 1.54) is 6.26 Å². The first-order valence-corrected chi connectivity index (χ1v) is 10.6. The van der Waals surface area contributed by atoms with Crippen molar-refractivity contribution in [3.8, 4) is 0 Å². The van der Waals surface area contributed by atoms with Gasteiger partial charge in [0.05, 0.1) is 19.0 Å². The Kier molecular flexibility index (Phi) is 10.0. The van der Waals surface area contributed by atoms with Gasteiger partial charge in [-0.25, -0.2) is 0 Å². The molecule has 8 nitrogen and oxygen atoms in total. The molecule has 1 aromatic rings. The Labute approximate surface area is 174 Å². The predicted octanol–water partition coefficient (Wildman–Crippen LogP) is 1.76. The van der Waals surface area contributed by atoms with Gasteiger partial charge in [0.1, 0.15) is 0 Å². The predicted molar refractivity (Wildman–Crippen MR) is 115 cm³/mol. The van der Waals surface area contributed by atoms with E-state index >= 15 is 0 Å². The average Bonchev–Trinajstić information content (AvgIpc) is 3.13. The lowest BCUT2D eigenvalue weighted by atomic mass is 10.1. The molecular formula is C21H37N5O3. The first-order valence-electron chi connectivity index (χ1n) is 10.6. The van der Waals surface area contributed by atoms with E-state index in [0.29, 0.717) is 24.5 Å². The number of carbonyl (C=O) groups is 1. The number of piperidine rings is 1. The average molecular weight is 408 g/mol. The van der Waals surface area contributed by atoms with Gasteiger partial charge in [-0.3, -0.25) is 9.79 Å². The van der Waals surface area contributed by atoms with Crippen LogP contribution >= 0.6 is 0 Å². The van der Waals surface area contributed by atoms with Crippen molar-refractivity contribution in [3.05, 3.63) is 23.7 Å². The molecule has 1 aliphatic heterocycles. The fraction of sp³-hybridized carbons (Fsp3) is 0.714. The molecule has 1 fully saturated rings. The second-order valence-corrected chi connectivity index (χ2v) is 7.72. The van der Waals surface area contributed by atoms with Crippen LogP contribution in [0.5, 0.6) is 0 Å².